The van der Waals surface area contributed by atoms with E-state index in [0.717, 1.165) is 30.6 Å². The second-order valence-electron chi connectivity index (χ2n) is 6.15. The second kappa shape index (κ2) is 7.07. The van der Waals surface area contributed by atoms with Gasteiger partial charge < -0.3 is 10.6 Å². The minimum atomic E-state index is -0.119. The van der Waals surface area contributed by atoms with Crippen LogP contribution in [0.2, 0.25) is 0 Å². The largest absolute Gasteiger partial charge is 0.372 e. The van der Waals surface area contributed by atoms with Crippen molar-refractivity contribution in [2.75, 3.05) is 18.5 Å². The Hall–Kier alpha value is -1.09. The highest BCUT2D eigenvalue weighted by atomic mass is 19.1. The van der Waals surface area contributed by atoms with E-state index in [1.807, 2.05) is 13.1 Å². The number of halogens is 1. The highest BCUT2D eigenvalue weighted by Crippen LogP contribution is 2.30. The molecule has 0 radical (unpaired) electrons. The zero-order valence-corrected chi connectivity index (χ0v) is 12.7. The van der Waals surface area contributed by atoms with E-state index in [2.05, 4.69) is 11.8 Å². The summed E-state index contributed by atoms with van der Waals surface area (Å²) in [6.07, 6.45) is 6.87. The molecule has 2 nitrogen and oxygen atoms in total. The molecule has 2 rings (SSSR count). The predicted molar refractivity (Wildman–Crippen MR) is 83.6 cm³/mol. The maximum Gasteiger partial charge on any atom is 0.146 e. The van der Waals surface area contributed by atoms with E-state index in [1.54, 1.807) is 12.1 Å². The van der Waals surface area contributed by atoms with Crippen LogP contribution in [0, 0.1) is 11.7 Å². The van der Waals surface area contributed by atoms with Crippen molar-refractivity contribution in [2.24, 2.45) is 11.7 Å². The summed E-state index contributed by atoms with van der Waals surface area (Å²) in [6.45, 7) is 3.03. The molecule has 3 heteroatoms. The molecule has 1 aliphatic carbocycles. The molecule has 1 aliphatic rings. The van der Waals surface area contributed by atoms with Gasteiger partial charge in [-0.25, -0.2) is 4.39 Å². The van der Waals surface area contributed by atoms with E-state index in [1.165, 1.54) is 25.7 Å². The fraction of sp³-hybridized carbons (Fsp3) is 0.647. The van der Waals surface area contributed by atoms with Crippen LogP contribution >= 0.6 is 0 Å². The van der Waals surface area contributed by atoms with Crippen LogP contribution < -0.4 is 10.6 Å². The molecule has 0 amide bonds. The molecule has 0 saturated heterocycles. The van der Waals surface area contributed by atoms with Crippen molar-refractivity contribution < 1.29 is 4.39 Å². The Bertz CT molecular complexity index is 427. The molecular formula is C17H27FN2. The van der Waals surface area contributed by atoms with Crippen LogP contribution in [0.4, 0.5) is 10.1 Å². The number of anilines is 1. The van der Waals surface area contributed by atoms with Gasteiger partial charge in [-0.3, -0.25) is 0 Å². The van der Waals surface area contributed by atoms with Gasteiger partial charge in [0, 0.05) is 19.6 Å². The van der Waals surface area contributed by atoms with Crippen LogP contribution in [0.1, 0.15) is 44.6 Å². The quantitative estimate of drug-likeness (QED) is 0.859. The van der Waals surface area contributed by atoms with Gasteiger partial charge in [0.1, 0.15) is 5.82 Å². The van der Waals surface area contributed by atoms with Crippen molar-refractivity contribution in [3.05, 3.63) is 29.6 Å². The van der Waals surface area contributed by atoms with Crippen molar-refractivity contribution >= 4 is 5.69 Å². The molecule has 0 spiro atoms. The maximum absolute atomic E-state index is 14.2. The van der Waals surface area contributed by atoms with E-state index >= 15 is 0 Å². The van der Waals surface area contributed by atoms with Crippen molar-refractivity contribution in [1.29, 1.82) is 0 Å². The number of para-hydroxylation sites is 1. The average molecular weight is 278 g/mol. The Morgan fingerprint density at radius 3 is 2.70 bits per heavy atom. The number of rotatable bonds is 6. The summed E-state index contributed by atoms with van der Waals surface area (Å²) in [5.74, 6) is 0.596. The number of nitrogens with two attached hydrogens (primary N) is 1. The summed E-state index contributed by atoms with van der Waals surface area (Å²) < 4.78 is 14.2. The van der Waals surface area contributed by atoms with Crippen LogP contribution in [0.15, 0.2) is 18.2 Å². The standard InChI is InChI=1S/C17H27FN2/c1-3-15(19)11-14-9-6-10-16(18)17(14)20(2)12-13-7-4-5-8-13/h6,9-10,13,15H,3-5,7-8,11-12,19H2,1-2H3. The molecule has 1 unspecified atom stereocenters. The van der Waals surface area contributed by atoms with Crippen molar-refractivity contribution in [3.8, 4) is 0 Å². The topological polar surface area (TPSA) is 29.3 Å². The van der Waals surface area contributed by atoms with E-state index < -0.39 is 0 Å². The van der Waals surface area contributed by atoms with Crippen LogP contribution in [-0.2, 0) is 6.42 Å². The monoisotopic (exact) mass is 278 g/mol. The summed E-state index contributed by atoms with van der Waals surface area (Å²) in [6, 6.07) is 5.47. The molecular weight excluding hydrogens is 251 g/mol. The van der Waals surface area contributed by atoms with Gasteiger partial charge in [-0.1, -0.05) is 31.9 Å². The molecule has 112 valence electrons. The molecule has 1 aromatic carbocycles. The van der Waals surface area contributed by atoms with E-state index in [-0.39, 0.29) is 11.9 Å². The first-order chi connectivity index (χ1) is 9.61. The lowest BCUT2D eigenvalue weighted by Gasteiger charge is -2.26. The summed E-state index contributed by atoms with van der Waals surface area (Å²) in [5.41, 5.74) is 7.84. The lowest BCUT2D eigenvalue weighted by Crippen LogP contribution is -2.28. The lowest BCUT2D eigenvalue weighted by atomic mass is 10.0. The zero-order chi connectivity index (χ0) is 14.5. The predicted octanol–water partition coefficient (Wildman–Crippen LogP) is 3.73. The van der Waals surface area contributed by atoms with Crippen LogP contribution in [0.25, 0.3) is 0 Å². The van der Waals surface area contributed by atoms with Gasteiger partial charge in [0.15, 0.2) is 0 Å². The smallest absolute Gasteiger partial charge is 0.146 e. The normalized spacial score (nSPS) is 17.4. The summed E-state index contributed by atoms with van der Waals surface area (Å²) in [7, 11) is 2.01. The van der Waals surface area contributed by atoms with Gasteiger partial charge in [0.05, 0.1) is 5.69 Å². The van der Waals surface area contributed by atoms with Gasteiger partial charge in [-0.15, -0.1) is 0 Å². The van der Waals surface area contributed by atoms with Gasteiger partial charge in [-0.2, -0.15) is 0 Å². The van der Waals surface area contributed by atoms with Crippen LogP contribution in [-0.4, -0.2) is 19.6 Å². The van der Waals surface area contributed by atoms with Crippen LogP contribution in [0.3, 0.4) is 0 Å². The number of hydrogen-bond donors (Lipinski definition) is 1. The first kappa shape index (κ1) is 15.3. The number of hydrogen-bond acceptors (Lipinski definition) is 2. The Morgan fingerprint density at radius 1 is 1.35 bits per heavy atom. The molecule has 0 bridgehead atoms. The zero-order valence-electron chi connectivity index (χ0n) is 12.7. The van der Waals surface area contributed by atoms with Gasteiger partial charge in [0.25, 0.3) is 0 Å². The van der Waals surface area contributed by atoms with Crippen molar-refractivity contribution in [1.82, 2.24) is 0 Å². The first-order valence-electron chi connectivity index (χ1n) is 7.86. The molecule has 1 atom stereocenters. The Balaban J connectivity index is 2.15. The fourth-order valence-corrected chi connectivity index (χ4v) is 3.25. The Kier molecular flexibility index (Phi) is 5.41. The Morgan fingerprint density at radius 2 is 2.05 bits per heavy atom. The van der Waals surface area contributed by atoms with E-state index in [9.17, 15) is 4.39 Å². The van der Waals surface area contributed by atoms with E-state index in [0.29, 0.717) is 5.92 Å². The molecule has 20 heavy (non-hydrogen) atoms. The summed E-state index contributed by atoms with van der Waals surface area (Å²) in [5, 5.41) is 0. The fourth-order valence-electron chi connectivity index (χ4n) is 3.25. The third-order valence-electron chi connectivity index (χ3n) is 4.47. The molecule has 1 saturated carbocycles. The maximum atomic E-state index is 14.2. The molecule has 1 aromatic rings. The molecule has 2 N–H and O–H groups in total. The van der Waals surface area contributed by atoms with Crippen molar-refractivity contribution in [2.45, 2.75) is 51.5 Å². The molecule has 0 aromatic heterocycles. The molecule has 1 fully saturated rings. The van der Waals surface area contributed by atoms with Gasteiger partial charge in [0.2, 0.25) is 0 Å². The summed E-state index contributed by atoms with van der Waals surface area (Å²) in [4.78, 5) is 2.10. The highest BCUT2D eigenvalue weighted by molar-refractivity contribution is 5.54. The summed E-state index contributed by atoms with van der Waals surface area (Å²) >= 11 is 0. The van der Waals surface area contributed by atoms with Crippen LogP contribution in [0.5, 0.6) is 0 Å². The minimum absolute atomic E-state index is 0.107. The molecule has 0 heterocycles. The minimum Gasteiger partial charge on any atom is -0.372 e. The average Bonchev–Trinajstić information content (AvgIpc) is 2.91. The van der Waals surface area contributed by atoms with Crippen molar-refractivity contribution in [3.63, 3.8) is 0 Å². The SMILES string of the molecule is CCC(N)Cc1cccc(F)c1N(C)CC1CCCC1. The van der Waals surface area contributed by atoms with E-state index in [4.69, 9.17) is 5.73 Å². The third-order valence-corrected chi connectivity index (χ3v) is 4.47. The highest BCUT2D eigenvalue weighted by Gasteiger charge is 2.20. The second-order valence-corrected chi connectivity index (χ2v) is 6.15. The first-order valence-corrected chi connectivity index (χ1v) is 7.86. The van der Waals surface area contributed by atoms with Gasteiger partial charge >= 0.3 is 0 Å². The molecule has 0 aliphatic heterocycles. The lowest BCUT2D eigenvalue weighted by molar-refractivity contribution is 0.536. The number of nitrogens with zero attached hydrogens (tertiary/aromatic N) is 1. The Labute approximate surface area is 122 Å². The number of benzene rings is 1. The van der Waals surface area contributed by atoms with Gasteiger partial charge in [-0.05, 0) is 43.2 Å². The third kappa shape index (κ3) is 3.72.